The van der Waals surface area contributed by atoms with Gasteiger partial charge in [0.25, 0.3) is 0 Å². The highest BCUT2D eigenvalue weighted by Crippen LogP contribution is 2.24. The van der Waals surface area contributed by atoms with Crippen LogP contribution in [-0.2, 0) is 6.42 Å². The molecule has 2 rings (SSSR count). The van der Waals surface area contributed by atoms with E-state index in [2.05, 4.69) is 61.5 Å². The van der Waals surface area contributed by atoms with Gasteiger partial charge in [-0.2, -0.15) is 0 Å². The smallest absolute Gasteiger partial charge is 0.0319 e. The van der Waals surface area contributed by atoms with Crippen LogP contribution in [0.1, 0.15) is 31.7 Å². The number of hydrogen-bond donors (Lipinski definition) is 1. The Kier molecular flexibility index (Phi) is 7.60. The lowest BCUT2D eigenvalue weighted by Crippen LogP contribution is -1.90. The second kappa shape index (κ2) is 9.35. The zero-order valence-corrected chi connectivity index (χ0v) is 12.0. The zero-order chi connectivity index (χ0) is 13.9. The van der Waals surface area contributed by atoms with Crippen LogP contribution in [-0.4, -0.2) is 12.2 Å². The average Bonchev–Trinajstić information content (AvgIpc) is 2.51. The fraction of sp³-hybridized carbons (Fsp3) is 0.333. The SMILES string of the molecule is CCCCCc1ccccc1-c1ccccc1.CO. The summed E-state index contributed by atoms with van der Waals surface area (Å²) >= 11 is 0. The summed E-state index contributed by atoms with van der Waals surface area (Å²) in [4.78, 5) is 0. The quantitative estimate of drug-likeness (QED) is 0.769. The highest BCUT2D eigenvalue weighted by atomic mass is 16.2. The first-order chi connectivity index (χ1) is 9.42. The van der Waals surface area contributed by atoms with E-state index in [1.165, 1.54) is 42.4 Å². The molecule has 0 spiro atoms. The van der Waals surface area contributed by atoms with Gasteiger partial charge in [0.05, 0.1) is 0 Å². The van der Waals surface area contributed by atoms with Crippen molar-refractivity contribution in [1.29, 1.82) is 0 Å². The molecule has 0 aliphatic rings. The molecule has 2 aromatic rings. The Labute approximate surface area is 116 Å². The molecule has 0 aliphatic heterocycles. The lowest BCUT2D eigenvalue weighted by Gasteiger charge is -2.09. The second-order valence-corrected chi connectivity index (χ2v) is 4.48. The molecular formula is C18H24O. The predicted molar refractivity (Wildman–Crippen MR) is 83.2 cm³/mol. The first-order valence-electron chi connectivity index (χ1n) is 7.00. The van der Waals surface area contributed by atoms with Crippen molar-refractivity contribution in [3.8, 4) is 11.1 Å². The third-order valence-corrected chi connectivity index (χ3v) is 3.15. The summed E-state index contributed by atoms with van der Waals surface area (Å²) in [6.07, 6.45) is 5.09. The molecule has 2 aromatic carbocycles. The summed E-state index contributed by atoms with van der Waals surface area (Å²) in [5.41, 5.74) is 4.20. The summed E-state index contributed by atoms with van der Waals surface area (Å²) < 4.78 is 0. The molecular weight excluding hydrogens is 232 g/mol. The van der Waals surface area contributed by atoms with Gasteiger partial charge in [-0.15, -0.1) is 0 Å². The van der Waals surface area contributed by atoms with Crippen molar-refractivity contribution >= 4 is 0 Å². The van der Waals surface area contributed by atoms with Crippen molar-refractivity contribution < 1.29 is 5.11 Å². The van der Waals surface area contributed by atoms with Gasteiger partial charge in [-0.05, 0) is 29.5 Å². The number of aliphatic hydroxyl groups is 1. The number of unbranched alkanes of at least 4 members (excludes halogenated alkanes) is 2. The molecule has 0 amide bonds. The normalized spacial score (nSPS) is 9.63. The first kappa shape index (κ1) is 15.5. The van der Waals surface area contributed by atoms with Crippen molar-refractivity contribution in [3.05, 3.63) is 60.2 Å². The van der Waals surface area contributed by atoms with Gasteiger partial charge in [0.1, 0.15) is 0 Å². The summed E-state index contributed by atoms with van der Waals surface area (Å²) in [6, 6.07) is 19.4. The van der Waals surface area contributed by atoms with Crippen LogP contribution in [0.25, 0.3) is 11.1 Å². The molecule has 1 N–H and O–H groups in total. The third-order valence-electron chi connectivity index (χ3n) is 3.15. The second-order valence-electron chi connectivity index (χ2n) is 4.48. The molecule has 0 fully saturated rings. The van der Waals surface area contributed by atoms with Gasteiger partial charge in [-0.3, -0.25) is 0 Å². The average molecular weight is 256 g/mol. The lowest BCUT2D eigenvalue weighted by atomic mass is 9.96. The topological polar surface area (TPSA) is 20.2 Å². The molecule has 0 bridgehead atoms. The molecule has 0 aliphatic carbocycles. The van der Waals surface area contributed by atoms with E-state index >= 15 is 0 Å². The Morgan fingerprint density at radius 2 is 1.42 bits per heavy atom. The van der Waals surface area contributed by atoms with Gasteiger partial charge in [0.2, 0.25) is 0 Å². The minimum Gasteiger partial charge on any atom is -0.400 e. The number of aryl methyl sites for hydroxylation is 1. The molecule has 0 aromatic heterocycles. The Morgan fingerprint density at radius 1 is 0.789 bits per heavy atom. The Bertz CT molecular complexity index is 448. The van der Waals surface area contributed by atoms with E-state index in [9.17, 15) is 0 Å². The van der Waals surface area contributed by atoms with E-state index in [0.29, 0.717) is 0 Å². The molecule has 102 valence electrons. The van der Waals surface area contributed by atoms with Crippen molar-refractivity contribution in [2.24, 2.45) is 0 Å². The largest absolute Gasteiger partial charge is 0.400 e. The summed E-state index contributed by atoms with van der Waals surface area (Å²) in [5.74, 6) is 0. The van der Waals surface area contributed by atoms with E-state index in [-0.39, 0.29) is 0 Å². The van der Waals surface area contributed by atoms with Crippen LogP contribution < -0.4 is 0 Å². The van der Waals surface area contributed by atoms with Crippen molar-refractivity contribution in [2.45, 2.75) is 32.6 Å². The van der Waals surface area contributed by atoms with Crippen LogP contribution in [0.4, 0.5) is 0 Å². The van der Waals surface area contributed by atoms with Crippen LogP contribution in [0.5, 0.6) is 0 Å². The van der Waals surface area contributed by atoms with Crippen LogP contribution in [0.3, 0.4) is 0 Å². The van der Waals surface area contributed by atoms with Gasteiger partial charge < -0.3 is 5.11 Å². The van der Waals surface area contributed by atoms with E-state index in [1.54, 1.807) is 0 Å². The molecule has 19 heavy (non-hydrogen) atoms. The summed E-state index contributed by atoms with van der Waals surface area (Å²) in [7, 11) is 1.00. The summed E-state index contributed by atoms with van der Waals surface area (Å²) in [5, 5.41) is 7.00. The number of aliphatic hydroxyl groups excluding tert-OH is 1. The van der Waals surface area contributed by atoms with Crippen LogP contribution >= 0.6 is 0 Å². The van der Waals surface area contributed by atoms with E-state index in [1.807, 2.05) is 0 Å². The first-order valence-corrected chi connectivity index (χ1v) is 7.00. The van der Waals surface area contributed by atoms with E-state index in [4.69, 9.17) is 5.11 Å². The van der Waals surface area contributed by atoms with Crippen molar-refractivity contribution in [2.75, 3.05) is 7.11 Å². The molecule has 0 saturated carbocycles. The summed E-state index contributed by atoms with van der Waals surface area (Å²) in [6.45, 7) is 2.25. The molecule has 0 atom stereocenters. The van der Waals surface area contributed by atoms with Crippen molar-refractivity contribution in [3.63, 3.8) is 0 Å². The molecule has 0 heterocycles. The minimum absolute atomic E-state index is 1.00. The van der Waals surface area contributed by atoms with Gasteiger partial charge in [-0.25, -0.2) is 0 Å². The Morgan fingerprint density at radius 3 is 2.11 bits per heavy atom. The van der Waals surface area contributed by atoms with Gasteiger partial charge in [0, 0.05) is 7.11 Å². The monoisotopic (exact) mass is 256 g/mol. The van der Waals surface area contributed by atoms with Crippen molar-refractivity contribution in [1.82, 2.24) is 0 Å². The van der Waals surface area contributed by atoms with Crippen LogP contribution in [0, 0.1) is 0 Å². The predicted octanol–water partition coefficient (Wildman–Crippen LogP) is 4.69. The maximum atomic E-state index is 7.00. The molecule has 0 radical (unpaired) electrons. The van der Waals surface area contributed by atoms with E-state index < -0.39 is 0 Å². The zero-order valence-electron chi connectivity index (χ0n) is 12.0. The fourth-order valence-corrected chi connectivity index (χ4v) is 2.20. The molecule has 1 nitrogen and oxygen atoms in total. The Balaban J connectivity index is 0.000000861. The number of benzene rings is 2. The highest BCUT2D eigenvalue weighted by molar-refractivity contribution is 5.67. The van der Waals surface area contributed by atoms with E-state index in [0.717, 1.165) is 7.11 Å². The van der Waals surface area contributed by atoms with Crippen LogP contribution in [0.15, 0.2) is 54.6 Å². The Hall–Kier alpha value is -1.60. The third kappa shape index (κ3) is 4.88. The number of rotatable bonds is 5. The van der Waals surface area contributed by atoms with Gasteiger partial charge >= 0.3 is 0 Å². The van der Waals surface area contributed by atoms with Gasteiger partial charge in [0.15, 0.2) is 0 Å². The highest BCUT2D eigenvalue weighted by Gasteiger charge is 2.03. The maximum Gasteiger partial charge on any atom is 0.0319 e. The van der Waals surface area contributed by atoms with Gasteiger partial charge in [-0.1, -0.05) is 74.4 Å². The number of hydrogen-bond acceptors (Lipinski definition) is 1. The van der Waals surface area contributed by atoms with Crippen LogP contribution in [0.2, 0.25) is 0 Å². The molecule has 0 saturated heterocycles. The molecule has 0 unspecified atom stereocenters. The standard InChI is InChI=1S/C17H20.CH4O/c1-2-3-5-10-15-13-8-9-14-17(15)16-11-6-4-7-12-16;1-2/h4,6-9,11-14H,2-3,5,10H2,1H3;2H,1H3. The molecule has 1 heteroatoms. The lowest BCUT2D eigenvalue weighted by molar-refractivity contribution is 0.399. The minimum atomic E-state index is 1.00. The fourth-order valence-electron chi connectivity index (χ4n) is 2.20. The maximum absolute atomic E-state index is 7.00.